The van der Waals surface area contributed by atoms with Crippen LogP contribution in [0.25, 0.3) is 0 Å². The van der Waals surface area contributed by atoms with Gasteiger partial charge in [0.25, 0.3) is 5.91 Å². The smallest absolute Gasteiger partial charge is 0.253 e. The molecule has 6 heteroatoms. The van der Waals surface area contributed by atoms with Gasteiger partial charge in [-0.15, -0.1) is 0 Å². The van der Waals surface area contributed by atoms with Crippen molar-refractivity contribution in [2.75, 3.05) is 40.3 Å². The fourth-order valence-electron chi connectivity index (χ4n) is 4.18. The first-order valence-corrected chi connectivity index (χ1v) is 10.5. The molecule has 152 valence electrons. The number of hydrogen-bond acceptors (Lipinski definition) is 4. The largest absolute Gasteiger partial charge is 0.490 e. The molecule has 1 unspecified atom stereocenters. The normalized spacial score (nSPS) is 23.3. The van der Waals surface area contributed by atoms with Crippen LogP contribution in [0.15, 0.2) is 24.3 Å². The Hall–Kier alpha value is -2.08. The average Bonchev–Trinajstić information content (AvgIpc) is 3.44. The van der Waals surface area contributed by atoms with E-state index in [-0.39, 0.29) is 12.0 Å². The van der Waals surface area contributed by atoms with Crippen molar-refractivity contribution < 1.29 is 14.3 Å². The number of piperidine rings is 1. The minimum absolute atomic E-state index is 0.0998. The Balaban J connectivity index is 1.27. The molecule has 3 fully saturated rings. The number of carbonyl (C=O) groups is 2. The molecule has 0 aromatic heterocycles. The van der Waals surface area contributed by atoms with E-state index in [1.54, 1.807) is 0 Å². The second kappa shape index (κ2) is 8.11. The van der Waals surface area contributed by atoms with Crippen LogP contribution in [0.4, 0.5) is 0 Å². The van der Waals surface area contributed by atoms with Gasteiger partial charge in [0.2, 0.25) is 5.91 Å². The molecule has 2 saturated heterocycles. The van der Waals surface area contributed by atoms with Crippen LogP contribution in [0.1, 0.15) is 42.5 Å². The zero-order valence-electron chi connectivity index (χ0n) is 17.0. The maximum absolute atomic E-state index is 12.7. The quantitative estimate of drug-likeness (QED) is 0.780. The van der Waals surface area contributed by atoms with Crippen LogP contribution in [0.5, 0.6) is 5.75 Å². The molecule has 6 nitrogen and oxygen atoms in total. The minimum Gasteiger partial charge on any atom is -0.490 e. The highest BCUT2D eigenvalue weighted by atomic mass is 16.5. The molecular weight excluding hydrogens is 354 g/mol. The highest BCUT2D eigenvalue weighted by Crippen LogP contribution is 2.32. The number of ether oxygens (including phenoxy) is 1. The number of likely N-dealkylation sites (N-methyl/N-ethyl adjacent to an activating group) is 1. The van der Waals surface area contributed by atoms with Gasteiger partial charge < -0.3 is 19.4 Å². The molecular formula is C22H31N3O3. The van der Waals surface area contributed by atoms with E-state index in [9.17, 15) is 9.59 Å². The van der Waals surface area contributed by atoms with Crippen molar-refractivity contribution in [2.45, 2.75) is 44.2 Å². The van der Waals surface area contributed by atoms with Crippen molar-refractivity contribution in [1.29, 1.82) is 0 Å². The van der Waals surface area contributed by atoms with Gasteiger partial charge in [-0.2, -0.15) is 0 Å². The van der Waals surface area contributed by atoms with E-state index in [0.717, 1.165) is 69.6 Å². The minimum atomic E-state index is 0.0998. The van der Waals surface area contributed by atoms with Crippen molar-refractivity contribution in [2.24, 2.45) is 5.92 Å². The van der Waals surface area contributed by atoms with E-state index < -0.39 is 0 Å². The van der Waals surface area contributed by atoms with E-state index >= 15 is 0 Å². The summed E-state index contributed by atoms with van der Waals surface area (Å²) in [5.74, 6) is 1.53. The van der Waals surface area contributed by atoms with Crippen molar-refractivity contribution in [1.82, 2.24) is 14.7 Å². The molecule has 1 saturated carbocycles. The molecule has 1 atom stereocenters. The Bertz CT molecular complexity index is 706. The number of hydrogen-bond donors (Lipinski definition) is 0. The van der Waals surface area contributed by atoms with E-state index in [0.29, 0.717) is 17.9 Å². The van der Waals surface area contributed by atoms with Crippen molar-refractivity contribution in [3.8, 4) is 5.75 Å². The van der Waals surface area contributed by atoms with Crippen molar-refractivity contribution in [3.05, 3.63) is 29.8 Å². The summed E-state index contributed by atoms with van der Waals surface area (Å²) in [5, 5.41) is 0. The van der Waals surface area contributed by atoms with Gasteiger partial charge in [0, 0.05) is 56.5 Å². The first-order chi connectivity index (χ1) is 13.5. The molecule has 1 aromatic rings. The summed E-state index contributed by atoms with van der Waals surface area (Å²) in [7, 11) is 4.13. The van der Waals surface area contributed by atoms with Crippen LogP contribution in [-0.2, 0) is 4.79 Å². The molecule has 1 aromatic carbocycles. The van der Waals surface area contributed by atoms with E-state index in [2.05, 4.69) is 19.0 Å². The summed E-state index contributed by atoms with van der Waals surface area (Å²) in [6, 6.07) is 7.98. The van der Waals surface area contributed by atoms with Crippen LogP contribution in [0.2, 0.25) is 0 Å². The molecule has 0 radical (unpaired) electrons. The summed E-state index contributed by atoms with van der Waals surface area (Å²) in [5.41, 5.74) is 0.719. The summed E-state index contributed by atoms with van der Waals surface area (Å²) in [6.45, 7) is 3.19. The zero-order valence-corrected chi connectivity index (χ0v) is 17.0. The maximum Gasteiger partial charge on any atom is 0.253 e. The Morgan fingerprint density at radius 1 is 0.929 bits per heavy atom. The van der Waals surface area contributed by atoms with Crippen LogP contribution in [-0.4, -0.2) is 78.9 Å². The Morgan fingerprint density at radius 2 is 1.57 bits per heavy atom. The lowest BCUT2D eigenvalue weighted by molar-refractivity contribution is -0.134. The van der Waals surface area contributed by atoms with Gasteiger partial charge in [0.1, 0.15) is 11.9 Å². The predicted molar refractivity (Wildman–Crippen MR) is 107 cm³/mol. The topological polar surface area (TPSA) is 53.1 Å². The number of nitrogens with zero attached hydrogens (tertiary/aromatic N) is 3. The number of amides is 2. The second-order valence-corrected chi connectivity index (χ2v) is 8.60. The van der Waals surface area contributed by atoms with Gasteiger partial charge >= 0.3 is 0 Å². The summed E-state index contributed by atoms with van der Waals surface area (Å²) in [6.07, 6.45) is 5.05. The fraction of sp³-hybridized carbons (Fsp3) is 0.636. The first-order valence-electron chi connectivity index (χ1n) is 10.5. The molecule has 3 aliphatic rings. The molecule has 1 aliphatic carbocycles. The van der Waals surface area contributed by atoms with Gasteiger partial charge in [-0.25, -0.2) is 0 Å². The number of carbonyl (C=O) groups excluding carboxylic acids is 2. The lowest BCUT2D eigenvalue weighted by Crippen LogP contribution is -2.42. The maximum atomic E-state index is 12.7. The van der Waals surface area contributed by atoms with Crippen molar-refractivity contribution >= 4 is 11.8 Å². The lowest BCUT2D eigenvalue weighted by atomic mass is 10.1. The molecule has 0 N–H and O–H groups in total. The monoisotopic (exact) mass is 385 g/mol. The van der Waals surface area contributed by atoms with Gasteiger partial charge in [-0.05, 0) is 57.6 Å². The van der Waals surface area contributed by atoms with Gasteiger partial charge in [0.15, 0.2) is 0 Å². The molecule has 2 amide bonds. The highest BCUT2D eigenvalue weighted by Gasteiger charge is 2.35. The predicted octanol–water partition coefficient (Wildman–Crippen LogP) is 2.24. The third kappa shape index (κ3) is 4.32. The Morgan fingerprint density at radius 3 is 2.14 bits per heavy atom. The van der Waals surface area contributed by atoms with Gasteiger partial charge in [-0.3, -0.25) is 9.59 Å². The van der Waals surface area contributed by atoms with E-state index in [1.807, 2.05) is 34.1 Å². The van der Waals surface area contributed by atoms with Crippen LogP contribution in [0.3, 0.4) is 0 Å². The number of likely N-dealkylation sites (tertiary alicyclic amines) is 2. The van der Waals surface area contributed by atoms with Crippen molar-refractivity contribution in [3.63, 3.8) is 0 Å². The molecule has 0 spiro atoms. The lowest BCUT2D eigenvalue weighted by Gasteiger charge is -2.32. The zero-order chi connectivity index (χ0) is 19.7. The molecule has 4 rings (SSSR count). The van der Waals surface area contributed by atoms with Crippen LogP contribution < -0.4 is 4.74 Å². The third-order valence-electron chi connectivity index (χ3n) is 6.27. The molecule has 2 heterocycles. The van der Waals surface area contributed by atoms with Crippen LogP contribution >= 0.6 is 0 Å². The summed E-state index contributed by atoms with van der Waals surface area (Å²) >= 11 is 0. The second-order valence-electron chi connectivity index (χ2n) is 8.60. The Labute approximate surface area is 167 Å². The third-order valence-corrected chi connectivity index (χ3v) is 6.27. The van der Waals surface area contributed by atoms with Gasteiger partial charge in [0.05, 0.1) is 0 Å². The number of benzene rings is 1. The van der Waals surface area contributed by atoms with Gasteiger partial charge in [-0.1, -0.05) is 0 Å². The standard InChI is InChI=1S/C22H31N3O3/c1-23(2)18-9-12-25(15-18)22(27)17-5-7-19(8-6-17)28-20-10-13-24(14-11-20)21(26)16-3-4-16/h5-8,16,18,20H,3-4,9-15H2,1-2H3. The average molecular weight is 386 g/mol. The highest BCUT2D eigenvalue weighted by molar-refractivity contribution is 5.94. The first kappa shape index (κ1) is 19.2. The Kier molecular flexibility index (Phi) is 5.58. The van der Waals surface area contributed by atoms with Crippen LogP contribution in [0, 0.1) is 5.92 Å². The molecule has 0 bridgehead atoms. The number of rotatable bonds is 5. The molecule has 28 heavy (non-hydrogen) atoms. The summed E-state index contributed by atoms with van der Waals surface area (Å²) in [4.78, 5) is 31.0. The fourth-order valence-corrected chi connectivity index (χ4v) is 4.18. The SMILES string of the molecule is CN(C)C1CCN(C(=O)c2ccc(OC3CCN(C(=O)C4CC4)CC3)cc2)C1. The summed E-state index contributed by atoms with van der Waals surface area (Å²) < 4.78 is 6.10. The van der Waals surface area contributed by atoms with E-state index in [4.69, 9.17) is 4.74 Å². The molecule has 2 aliphatic heterocycles. The van der Waals surface area contributed by atoms with E-state index in [1.165, 1.54) is 0 Å².